The van der Waals surface area contributed by atoms with Crippen molar-refractivity contribution in [3.63, 3.8) is 0 Å². The third-order valence-electron chi connectivity index (χ3n) is 7.26. The first kappa shape index (κ1) is 23.9. The van der Waals surface area contributed by atoms with Gasteiger partial charge in [-0.3, -0.25) is 9.59 Å². The third kappa shape index (κ3) is 4.58. The minimum atomic E-state index is -3.74. The van der Waals surface area contributed by atoms with Crippen molar-refractivity contribution >= 4 is 26.8 Å². The van der Waals surface area contributed by atoms with Gasteiger partial charge in [-0.2, -0.15) is 4.31 Å². The van der Waals surface area contributed by atoms with Crippen molar-refractivity contribution < 1.29 is 13.2 Å². The van der Waals surface area contributed by atoms with E-state index in [2.05, 4.69) is 11.8 Å². The van der Waals surface area contributed by atoms with Crippen LogP contribution in [0.15, 0.2) is 34.1 Å². The van der Waals surface area contributed by atoms with Gasteiger partial charge in [0.25, 0.3) is 5.91 Å². The number of sulfonamides is 1. The Balaban J connectivity index is 1.69. The summed E-state index contributed by atoms with van der Waals surface area (Å²) in [4.78, 5) is 30.6. The Morgan fingerprint density at radius 1 is 1.09 bits per heavy atom. The fraction of sp³-hybridized carbons (Fsp3) is 0.583. The number of hydrogen-bond acceptors (Lipinski definition) is 5. The predicted molar refractivity (Wildman–Crippen MR) is 129 cm³/mol. The normalized spacial score (nSPS) is 18.8. The molecule has 1 aromatic heterocycles. The maximum absolute atomic E-state index is 13.4. The number of carbonyl (C=O) groups is 1. The van der Waals surface area contributed by atoms with Crippen LogP contribution in [0, 0.1) is 0 Å². The van der Waals surface area contributed by atoms with Crippen LogP contribution in [0.3, 0.4) is 0 Å². The molecule has 33 heavy (non-hydrogen) atoms. The lowest BCUT2D eigenvalue weighted by Crippen LogP contribution is -2.49. The van der Waals surface area contributed by atoms with Crippen LogP contribution in [-0.2, 0) is 17.1 Å². The van der Waals surface area contributed by atoms with Crippen molar-refractivity contribution in [3.05, 3.63) is 40.2 Å². The number of nitrogens with zero attached hydrogens (tertiary/aromatic N) is 4. The first-order chi connectivity index (χ1) is 15.7. The van der Waals surface area contributed by atoms with E-state index in [1.54, 1.807) is 41.9 Å². The monoisotopic (exact) mass is 474 g/mol. The number of hydrogen-bond donors (Lipinski definition) is 0. The molecular formula is C24H34N4O4S. The number of fused-ring (bicyclic) bond motifs is 1. The molecule has 1 amide bonds. The maximum Gasteiger partial charge on any atom is 0.259 e. The van der Waals surface area contributed by atoms with Gasteiger partial charge in [-0.1, -0.05) is 26.2 Å². The van der Waals surface area contributed by atoms with Crippen molar-refractivity contribution in [2.75, 3.05) is 39.8 Å². The van der Waals surface area contributed by atoms with Crippen LogP contribution in [0.2, 0.25) is 0 Å². The Morgan fingerprint density at radius 3 is 2.39 bits per heavy atom. The summed E-state index contributed by atoms with van der Waals surface area (Å²) in [5.41, 5.74) is 0.278. The van der Waals surface area contributed by atoms with E-state index in [1.807, 2.05) is 0 Å². The molecule has 0 bridgehead atoms. The van der Waals surface area contributed by atoms with Crippen molar-refractivity contribution in [3.8, 4) is 0 Å². The number of amides is 1. The zero-order valence-corrected chi connectivity index (χ0v) is 20.6. The average molecular weight is 475 g/mol. The largest absolute Gasteiger partial charge is 0.350 e. The van der Waals surface area contributed by atoms with Crippen molar-refractivity contribution in [1.82, 2.24) is 18.7 Å². The molecule has 2 aliphatic rings. The van der Waals surface area contributed by atoms with Gasteiger partial charge in [0.1, 0.15) is 5.56 Å². The molecule has 0 radical (unpaired) electrons. The highest BCUT2D eigenvalue weighted by Gasteiger charge is 2.30. The summed E-state index contributed by atoms with van der Waals surface area (Å²) in [5.74, 6) is -0.291. The molecule has 8 nitrogen and oxygen atoms in total. The van der Waals surface area contributed by atoms with Crippen LogP contribution in [0.4, 0.5) is 0 Å². The molecule has 0 N–H and O–H groups in total. The second-order valence-corrected chi connectivity index (χ2v) is 11.2. The number of pyridine rings is 1. The summed E-state index contributed by atoms with van der Waals surface area (Å²) in [5, 5.41) is 0.258. The van der Waals surface area contributed by atoms with E-state index in [-0.39, 0.29) is 27.8 Å². The smallest absolute Gasteiger partial charge is 0.259 e. The van der Waals surface area contributed by atoms with Gasteiger partial charge in [-0.25, -0.2) is 8.42 Å². The molecule has 1 saturated carbocycles. The SMILES string of the molecule is CCN1CCN(C(=O)c2cn(C)c3ccc(S(=O)(=O)N(C)C4CCCCC4)cc3c2=O)CC1. The van der Waals surface area contributed by atoms with E-state index in [1.165, 1.54) is 10.4 Å². The van der Waals surface area contributed by atoms with E-state index in [0.717, 1.165) is 51.7 Å². The molecule has 0 unspecified atom stereocenters. The topological polar surface area (TPSA) is 82.9 Å². The maximum atomic E-state index is 13.4. The lowest BCUT2D eigenvalue weighted by molar-refractivity contribution is 0.0641. The molecule has 9 heteroatoms. The highest BCUT2D eigenvalue weighted by Crippen LogP contribution is 2.27. The summed E-state index contributed by atoms with van der Waals surface area (Å²) in [7, 11) is -0.336. The van der Waals surface area contributed by atoms with Gasteiger partial charge in [-0.05, 0) is 37.6 Å². The van der Waals surface area contributed by atoms with E-state index < -0.39 is 15.5 Å². The average Bonchev–Trinajstić information content (AvgIpc) is 2.85. The number of rotatable bonds is 5. The Morgan fingerprint density at radius 2 is 1.76 bits per heavy atom. The molecule has 4 rings (SSSR count). The molecule has 1 saturated heterocycles. The standard InChI is InChI=1S/C24H34N4O4S/c1-4-27-12-14-28(15-13-27)24(30)21-17-25(2)22-11-10-19(16-20(22)23(21)29)33(31,32)26(3)18-8-6-5-7-9-18/h10-11,16-18H,4-9,12-15H2,1-3H3. The fourth-order valence-electron chi connectivity index (χ4n) is 5.03. The minimum absolute atomic E-state index is 0.0167. The van der Waals surface area contributed by atoms with E-state index in [9.17, 15) is 18.0 Å². The van der Waals surface area contributed by atoms with Gasteiger partial charge in [-0.15, -0.1) is 0 Å². The minimum Gasteiger partial charge on any atom is -0.350 e. The second kappa shape index (κ2) is 9.56. The molecule has 1 aliphatic carbocycles. The van der Waals surface area contributed by atoms with E-state index in [4.69, 9.17) is 0 Å². The van der Waals surface area contributed by atoms with Crippen LogP contribution in [0.1, 0.15) is 49.4 Å². The first-order valence-electron chi connectivity index (χ1n) is 11.9. The first-order valence-corrected chi connectivity index (χ1v) is 13.3. The van der Waals surface area contributed by atoms with Crippen LogP contribution >= 0.6 is 0 Å². The molecule has 0 atom stereocenters. The molecule has 2 fully saturated rings. The van der Waals surface area contributed by atoms with Gasteiger partial charge in [0.2, 0.25) is 15.5 Å². The van der Waals surface area contributed by atoms with Crippen molar-refractivity contribution in [2.24, 2.45) is 7.05 Å². The number of aryl methyl sites for hydroxylation is 1. The molecule has 180 valence electrons. The molecule has 1 aliphatic heterocycles. The lowest BCUT2D eigenvalue weighted by atomic mass is 9.96. The Bertz CT molecular complexity index is 1190. The molecule has 2 aromatic rings. The van der Waals surface area contributed by atoms with Gasteiger partial charge in [0, 0.05) is 57.9 Å². The highest BCUT2D eigenvalue weighted by molar-refractivity contribution is 7.89. The number of aromatic nitrogens is 1. The zero-order valence-electron chi connectivity index (χ0n) is 19.8. The van der Waals surface area contributed by atoms with Crippen LogP contribution in [0.25, 0.3) is 10.9 Å². The van der Waals surface area contributed by atoms with Crippen LogP contribution < -0.4 is 5.43 Å². The second-order valence-electron chi connectivity index (χ2n) is 9.20. The van der Waals surface area contributed by atoms with Gasteiger partial charge < -0.3 is 14.4 Å². The summed E-state index contributed by atoms with van der Waals surface area (Å²) in [6.07, 6.45) is 6.48. The number of likely N-dealkylation sites (N-methyl/N-ethyl adjacent to an activating group) is 1. The van der Waals surface area contributed by atoms with Gasteiger partial charge in [0.15, 0.2) is 0 Å². The molecule has 1 aromatic carbocycles. The van der Waals surface area contributed by atoms with Crippen molar-refractivity contribution in [2.45, 2.75) is 50.0 Å². The summed E-state index contributed by atoms with van der Waals surface area (Å²) < 4.78 is 29.9. The van der Waals surface area contributed by atoms with E-state index in [0.29, 0.717) is 18.6 Å². The van der Waals surface area contributed by atoms with Gasteiger partial charge in [0.05, 0.1) is 10.4 Å². The summed E-state index contributed by atoms with van der Waals surface area (Å²) in [6, 6.07) is 4.64. The predicted octanol–water partition coefficient (Wildman–Crippen LogP) is 2.27. The summed E-state index contributed by atoms with van der Waals surface area (Å²) >= 11 is 0. The Hall–Kier alpha value is -2.23. The number of benzene rings is 1. The number of carbonyl (C=O) groups excluding carboxylic acids is 1. The lowest BCUT2D eigenvalue weighted by Gasteiger charge is -2.34. The molecule has 0 spiro atoms. The third-order valence-corrected chi connectivity index (χ3v) is 9.17. The van der Waals surface area contributed by atoms with Crippen molar-refractivity contribution in [1.29, 1.82) is 0 Å². The Kier molecular flexibility index (Phi) is 6.93. The highest BCUT2D eigenvalue weighted by atomic mass is 32.2. The van der Waals surface area contributed by atoms with Crippen LogP contribution in [-0.4, -0.2) is 78.8 Å². The van der Waals surface area contributed by atoms with E-state index >= 15 is 0 Å². The quantitative estimate of drug-likeness (QED) is 0.664. The van der Waals surface area contributed by atoms with Crippen LogP contribution in [0.5, 0.6) is 0 Å². The fourth-order valence-corrected chi connectivity index (χ4v) is 6.47. The van der Waals surface area contributed by atoms with Gasteiger partial charge >= 0.3 is 0 Å². The summed E-state index contributed by atoms with van der Waals surface area (Å²) in [6.45, 7) is 5.75. The molecule has 2 heterocycles. The zero-order chi connectivity index (χ0) is 23.8. The Labute approximate surface area is 195 Å². The molecular weight excluding hydrogens is 440 g/mol. The number of piperazine rings is 1.